The smallest absolute Gasteiger partial charge is 0.317 e. The summed E-state index contributed by atoms with van der Waals surface area (Å²) in [5.74, 6) is 1.22. The molecule has 0 aromatic rings. The van der Waals surface area contributed by atoms with Crippen molar-refractivity contribution in [2.75, 3.05) is 13.6 Å². The van der Waals surface area contributed by atoms with Gasteiger partial charge in [-0.3, -0.25) is 0 Å². The molecular formula is C13H26N2O. The number of nitrogens with zero attached hydrogens (tertiary/aromatic N) is 1. The Morgan fingerprint density at radius 2 is 2.19 bits per heavy atom. The van der Waals surface area contributed by atoms with E-state index in [9.17, 15) is 4.79 Å². The highest BCUT2D eigenvalue weighted by molar-refractivity contribution is 5.74. The van der Waals surface area contributed by atoms with E-state index in [2.05, 4.69) is 26.1 Å². The number of carbonyl (C=O) groups is 1. The van der Waals surface area contributed by atoms with Crippen LogP contribution < -0.4 is 5.32 Å². The zero-order valence-corrected chi connectivity index (χ0v) is 11.1. The number of hydrogen-bond donors (Lipinski definition) is 1. The SMILES string of the molecule is CCC(C)CN(C)C(=O)NC1CCCC1C. The first-order valence-corrected chi connectivity index (χ1v) is 6.56. The van der Waals surface area contributed by atoms with E-state index in [0.717, 1.165) is 19.4 Å². The van der Waals surface area contributed by atoms with Crippen LogP contribution in [0.25, 0.3) is 0 Å². The third kappa shape index (κ3) is 3.69. The molecule has 94 valence electrons. The van der Waals surface area contributed by atoms with Gasteiger partial charge in [-0.1, -0.05) is 33.6 Å². The van der Waals surface area contributed by atoms with Gasteiger partial charge in [0.2, 0.25) is 0 Å². The summed E-state index contributed by atoms with van der Waals surface area (Å²) in [7, 11) is 1.89. The minimum absolute atomic E-state index is 0.0963. The fourth-order valence-electron chi connectivity index (χ4n) is 2.31. The molecule has 16 heavy (non-hydrogen) atoms. The predicted molar refractivity (Wildman–Crippen MR) is 67.4 cm³/mol. The third-order valence-corrected chi connectivity index (χ3v) is 3.80. The summed E-state index contributed by atoms with van der Waals surface area (Å²) in [6.07, 6.45) is 4.77. The molecular weight excluding hydrogens is 200 g/mol. The van der Waals surface area contributed by atoms with E-state index in [1.54, 1.807) is 0 Å². The molecule has 1 rings (SSSR count). The Bertz CT molecular complexity index is 230. The van der Waals surface area contributed by atoms with Crippen molar-refractivity contribution in [2.45, 2.75) is 52.5 Å². The van der Waals surface area contributed by atoms with Crippen LogP contribution in [-0.4, -0.2) is 30.6 Å². The van der Waals surface area contributed by atoms with Crippen LogP contribution >= 0.6 is 0 Å². The molecule has 0 spiro atoms. The maximum absolute atomic E-state index is 11.9. The van der Waals surface area contributed by atoms with Crippen LogP contribution in [-0.2, 0) is 0 Å². The molecule has 2 amide bonds. The highest BCUT2D eigenvalue weighted by Gasteiger charge is 2.25. The summed E-state index contributed by atoms with van der Waals surface area (Å²) >= 11 is 0. The Hall–Kier alpha value is -0.730. The molecule has 0 bridgehead atoms. The van der Waals surface area contributed by atoms with Gasteiger partial charge in [0.1, 0.15) is 0 Å². The summed E-state index contributed by atoms with van der Waals surface area (Å²) < 4.78 is 0. The molecule has 0 aromatic carbocycles. The zero-order valence-electron chi connectivity index (χ0n) is 11.1. The summed E-state index contributed by atoms with van der Waals surface area (Å²) in [5, 5.41) is 3.14. The Balaban J connectivity index is 2.33. The monoisotopic (exact) mass is 226 g/mol. The van der Waals surface area contributed by atoms with Crippen molar-refractivity contribution in [3.8, 4) is 0 Å². The normalized spacial score (nSPS) is 26.5. The molecule has 3 unspecified atom stereocenters. The van der Waals surface area contributed by atoms with Crippen molar-refractivity contribution in [3.63, 3.8) is 0 Å². The molecule has 1 aliphatic rings. The topological polar surface area (TPSA) is 32.3 Å². The number of nitrogens with one attached hydrogen (secondary N) is 1. The largest absolute Gasteiger partial charge is 0.335 e. The van der Waals surface area contributed by atoms with Gasteiger partial charge >= 0.3 is 6.03 Å². The van der Waals surface area contributed by atoms with E-state index in [4.69, 9.17) is 0 Å². The zero-order chi connectivity index (χ0) is 12.1. The van der Waals surface area contributed by atoms with Gasteiger partial charge in [-0.15, -0.1) is 0 Å². The molecule has 0 heterocycles. The van der Waals surface area contributed by atoms with Crippen molar-refractivity contribution in [1.29, 1.82) is 0 Å². The second-order valence-corrected chi connectivity index (χ2v) is 5.36. The maximum Gasteiger partial charge on any atom is 0.317 e. The molecule has 3 heteroatoms. The van der Waals surface area contributed by atoms with E-state index < -0.39 is 0 Å². The number of carbonyl (C=O) groups excluding carboxylic acids is 1. The van der Waals surface area contributed by atoms with Gasteiger partial charge in [0, 0.05) is 19.6 Å². The van der Waals surface area contributed by atoms with Gasteiger partial charge in [-0.05, 0) is 24.7 Å². The van der Waals surface area contributed by atoms with Crippen LogP contribution in [0.2, 0.25) is 0 Å². The fraction of sp³-hybridized carbons (Fsp3) is 0.923. The van der Waals surface area contributed by atoms with Crippen molar-refractivity contribution < 1.29 is 4.79 Å². The first kappa shape index (κ1) is 13.3. The Morgan fingerprint density at radius 1 is 1.50 bits per heavy atom. The van der Waals surface area contributed by atoms with Gasteiger partial charge < -0.3 is 10.2 Å². The number of hydrogen-bond acceptors (Lipinski definition) is 1. The lowest BCUT2D eigenvalue weighted by Gasteiger charge is -2.25. The summed E-state index contributed by atoms with van der Waals surface area (Å²) in [5.41, 5.74) is 0. The van der Waals surface area contributed by atoms with E-state index in [1.807, 2.05) is 11.9 Å². The van der Waals surface area contributed by atoms with E-state index in [0.29, 0.717) is 17.9 Å². The highest BCUT2D eigenvalue weighted by Crippen LogP contribution is 2.24. The van der Waals surface area contributed by atoms with Crippen molar-refractivity contribution >= 4 is 6.03 Å². The minimum atomic E-state index is 0.0963. The first-order valence-electron chi connectivity index (χ1n) is 6.56. The number of rotatable bonds is 4. The number of amides is 2. The predicted octanol–water partition coefficient (Wildman–Crippen LogP) is 2.86. The average Bonchev–Trinajstić information content (AvgIpc) is 2.64. The van der Waals surface area contributed by atoms with E-state index >= 15 is 0 Å². The Labute approximate surface area is 99.6 Å². The van der Waals surface area contributed by atoms with Crippen molar-refractivity contribution in [1.82, 2.24) is 10.2 Å². The molecule has 3 nitrogen and oxygen atoms in total. The van der Waals surface area contributed by atoms with Crippen LogP contribution in [0.5, 0.6) is 0 Å². The van der Waals surface area contributed by atoms with Gasteiger partial charge in [0.25, 0.3) is 0 Å². The van der Waals surface area contributed by atoms with Gasteiger partial charge in [-0.25, -0.2) is 4.79 Å². The van der Waals surface area contributed by atoms with Crippen LogP contribution in [0.1, 0.15) is 46.5 Å². The highest BCUT2D eigenvalue weighted by atomic mass is 16.2. The van der Waals surface area contributed by atoms with Crippen molar-refractivity contribution in [2.24, 2.45) is 11.8 Å². The molecule has 1 aliphatic carbocycles. The Morgan fingerprint density at radius 3 is 2.69 bits per heavy atom. The lowest BCUT2D eigenvalue weighted by molar-refractivity contribution is 0.195. The van der Waals surface area contributed by atoms with E-state index in [1.165, 1.54) is 12.8 Å². The quantitative estimate of drug-likeness (QED) is 0.785. The molecule has 1 N–H and O–H groups in total. The van der Waals surface area contributed by atoms with Crippen LogP contribution in [0.15, 0.2) is 0 Å². The lowest BCUT2D eigenvalue weighted by Crippen LogP contribution is -2.45. The second-order valence-electron chi connectivity index (χ2n) is 5.36. The molecule has 0 radical (unpaired) electrons. The molecule has 0 saturated heterocycles. The summed E-state index contributed by atoms with van der Waals surface area (Å²) in [6.45, 7) is 7.42. The van der Waals surface area contributed by atoms with Gasteiger partial charge in [0.15, 0.2) is 0 Å². The van der Waals surface area contributed by atoms with Crippen LogP contribution in [0.4, 0.5) is 4.79 Å². The van der Waals surface area contributed by atoms with Gasteiger partial charge in [-0.2, -0.15) is 0 Å². The molecule has 0 aliphatic heterocycles. The third-order valence-electron chi connectivity index (χ3n) is 3.80. The lowest BCUT2D eigenvalue weighted by atomic mass is 10.1. The van der Waals surface area contributed by atoms with E-state index in [-0.39, 0.29) is 6.03 Å². The molecule has 0 aromatic heterocycles. The van der Waals surface area contributed by atoms with Crippen LogP contribution in [0, 0.1) is 11.8 Å². The summed E-state index contributed by atoms with van der Waals surface area (Å²) in [4.78, 5) is 13.7. The average molecular weight is 226 g/mol. The minimum Gasteiger partial charge on any atom is -0.335 e. The van der Waals surface area contributed by atoms with Gasteiger partial charge in [0.05, 0.1) is 0 Å². The molecule has 3 atom stereocenters. The fourth-order valence-corrected chi connectivity index (χ4v) is 2.31. The van der Waals surface area contributed by atoms with Crippen molar-refractivity contribution in [3.05, 3.63) is 0 Å². The molecule has 1 fully saturated rings. The second kappa shape index (κ2) is 6.12. The maximum atomic E-state index is 11.9. The first-order chi connectivity index (χ1) is 7.54. The summed E-state index contributed by atoms with van der Waals surface area (Å²) in [6, 6.07) is 0.492. The van der Waals surface area contributed by atoms with Crippen LogP contribution in [0.3, 0.4) is 0 Å². The standard InChI is InChI=1S/C13H26N2O/c1-5-10(2)9-15(4)13(16)14-12-8-6-7-11(12)3/h10-12H,5-9H2,1-4H3,(H,14,16). The molecule has 1 saturated carbocycles. The Kier molecular flexibility index (Phi) is 5.10. The number of urea groups is 1.